The summed E-state index contributed by atoms with van der Waals surface area (Å²) >= 11 is 0. The third kappa shape index (κ3) is 4.83. The standard InChI is InChI=1S/C21H24F3N3O3/c1-4-29-17-9-7-13(2)26-19(17)20(28)27-11-5-6-16(14(27)3)30-18-10-8-15(12-25-18)21(22,23)24/h7-10,12,14,16H,4-6,11H2,1-3H3. The van der Waals surface area contributed by atoms with Crippen molar-refractivity contribution < 1.29 is 27.4 Å². The van der Waals surface area contributed by atoms with E-state index in [-0.39, 0.29) is 23.5 Å². The van der Waals surface area contributed by atoms with Crippen LogP contribution < -0.4 is 9.47 Å². The van der Waals surface area contributed by atoms with Gasteiger partial charge in [-0.1, -0.05) is 0 Å². The Balaban J connectivity index is 1.76. The molecular formula is C21H24F3N3O3. The summed E-state index contributed by atoms with van der Waals surface area (Å²) in [7, 11) is 0. The van der Waals surface area contributed by atoms with Gasteiger partial charge >= 0.3 is 6.18 Å². The molecule has 9 heteroatoms. The van der Waals surface area contributed by atoms with Gasteiger partial charge < -0.3 is 14.4 Å². The van der Waals surface area contributed by atoms with Crippen LogP contribution in [0.3, 0.4) is 0 Å². The normalized spacial score (nSPS) is 19.5. The predicted molar refractivity (Wildman–Crippen MR) is 104 cm³/mol. The topological polar surface area (TPSA) is 64.5 Å². The molecule has 0 bridgehead atoms. The van der Waals surface area contributed by atoms with E-state index in [1.165, 1.54) is 6.07 Å². The third-order valence-electron chi connectivity index (χ3n) is 5.01. The van der Waals surface area contributed by atoms with Crippen molar-refractivity contribution in [2.45, 2.75) is 51.9 Å². The number of nitrogens with zero attached hydrogens (tertiary/aromatic N) is 3. The van der Waals surface area contributed by atoms with Crippen molar-refractivity contribution in [2.24, 2.45) is 0 Å². The first kappa shape index (κ1) is 21.9. The van der Waals surface area contributed by atoms with Gasteiger partial charge in [0.05, 0.1) is 18.2 Å². The van der Waals surface area contributed by atoms with Crippen LogP contribution in [0.1, 0.15) is 48.4 Å². The maximum atomic E-state index is 13.2. The highest BCUT2D eigenvalue weighted by molar-refractivity contribution is 5.95. The molecule has 1 saturated heterocycles. The van der Waals surface area contributed by atoms with Crippen LogP contribution in [0.15, 0.2) is 30.5 Å². The maximum Gasteiger partial charge on any atom is 0.417 e. The number of likely N-dealkylation sites (tertiary alicyclic amines) is 1. The molecule has 6 nitrogen and oxygen atoms in total. The number of halogens is 3. The molecule has 3 heterocycles. The highest BCUT2D eigenvalue weighted by Gasteiger charge is 2.35. The summed E-state index contributed by atoms with van der Waals surface area (Å²) < 4.78 is 49.5. The van der Waals surface area contributed by atoms with Crippen molar-refractivity contribution >= 4 is 5.91 Å². The molecule has 1 amide bonds. The zero-order valence-corrected chi connectivity index (χ0v) is 17.1. The Labute approximate surface area is 173 Å². The second-order valence-electron chi connectivity index (χ2n) is 7.15. The second-order valence-corrected chi connectivity index (χ2v) is 7.15. The van der Waals surface area contributed by atoms with Crippen molar-refractivity contribution in [3.8, 4) is 11.6 Å². The molecule has 162 valence electrons. The van der Waals surface area contributed by atoms with Gasteiger partial charge in [-0.25, -0.2) is 9.97 Å². The van der Waals surface area contributed by atoms with E-state index < -0.39 is 17.8 Å². The Kier molecular flexibility index (Phi) is 6.48. The van der Waals surface area contributed by atoms with Gasteiger partial charge in [-0.05, 0) is 51.8 Å². The molecular weight excluding hydrogens is 399 g/mol. The number of pyridine rings is 2. The first-order chi connectivity index (χ1) is 14.2. The zero-order chi connectivity index (χ0) is 21.9. The second kappa shape index (κ2) is 8.89. The molecule has 3 rings (SSSR count). The van der Waals surface area contributed by atoms with Crippen LogP contribution in [0, 0.1) is 6.92 Å². The van der Waals surface area contributed by atoms with E-state index in [0.717, 1.165) is 12.3 Å². The van der Waals surface area contributed by atoms with Crippen molar-refractivity contribution in [1.82, 2.24) is 14.9 Å². The molecule has 0 radical (unpaired) electrons. The number of carbonyl (C=O) groups is 1. The molecule has 2 aromatic heterocycles. The first-order valence-electron chi connectivity index (χ1n) is 9.82. The quantitative estimate of drug-likeness (QED) is 0.719. The maximum absolute atomic E-state index is 13.2. The van der Waals surface area contributed by atoms with Gasteiger partial charge in [0.2, 0.25) is 5.88 Å². The monoisotopic (exact) mass is 423 g/mol. The van der Waals surface area contributed by atoms with Crippen LogP contribution in [-0.4, -0.2) is 46.1 Å². The summed E-state index contributed by atoms with van der Waals surface area (Å²) in [6.45, 7) is 6.42. The fraction of sp³-hybridized carbons (Fsp3) is 0.476. The van der Waals surface area contributed by atoms with Crippen molar-refractivity contribution in [2.75, 3.05) is 13.2 Å². The lowest BCUT2D eigenvalue weighted by molar-refractivity contribution is -0.137. The summed E-state index contributed by atoms with van der Waals surface area (Å²) in [5, 5.41) is 0. The molecule has 30 heavy (non-hydrogen) atoms. The van der Waals surface area contributed by atoms with E-state index in [0.29, 0.717) is 37.4 Å². The highest BCUT2D eigenvalue weighted by atomic mass is 19.4. The number of carbonyl (C=O) groups excluding carboxylic acids is 1. The molecule has 1 fully saturated rings. The van der Waals surface area contributed by atoms with Crippen molar-refractivity contribution in [3.05, 3.63) is 47.4 Å². The molecule has 2 unspecified atom stereocenters. The summed E-state index contributed by atoms with van der Waals surface area (Å²) in [4.78, 5) is 23.0. The van der Waals surface area contributed by atoms with Gasteiger partial charge in [0.25, 0.3) is 5.91 Å². The molecule has 0 N–H and O–H groups in total. The highest BCUT2D eigenvalue weighted by Crippen LogP contribution is 2.30. The number of aromatic nitrogens is 2. The number of aryl methyl sites for hydroxylation is 1. The number of rotatable bonds is 5. The lowest BCUT2D eigenvalue weighted by atomic mass is 9.99. The van der Waals surface area contributed by atoms with Gasteiger partial charge in [0.15, 0.2) is 11.4 Å². The largest absolute Gasteiger partial charge is 0.491 e. The number of hydrogen-bond acceptors (Lipinski definition) is 5. The van der Waals surface area contributed by atoms with E-state index in [2.05, 4.69) is 9.97 Å². The van der Waals surface area contributed by atoms with Crippen LogP contribution in [0.5, 0.6) is 11.6 Å². The fourth-order valence-corrected chi connectivity index (χ4v) is 3.43. The minimum absolute atomic E-state index is 0.0952. The van der Waals surface area contributed by atoms with Crippen LogP contribution in [0.4, 0.5) is 13.2 Å². The van der Waals surface area contributed by atoms with Gasteiger partial charge in [0.1, 0.15) is 6.10 Å². The average molecular weight is 423 g/mol. The number of hydrogen-bond donors (Lipinski definition) is 0. The molecule has 0 aliphatic carbocycles. The Bertz CT molecular complexity index is 887. The van der Waals surface area contributed by atoms with Crippen molar-refractivity contribution in [1.29, 1.82) is 0 Å². The fourth-order valence-electron chi connectivity index (χ4n) is 3.43. The first-order valence-corrected chi connectivity index (χ1v) is 9.82. The molecule has 0 saturated carbocycles. The summed E-state index contributed by atoms with van der Waals surface area (Å²) in [6.07, 6.45) is -2.75. The van der Waals surface area contributed by atoms with E-state index in [9.17, 15) is 18.0 Å². The lowest BCUT2D eigenvalue weighted by Gasteiger charge is -2.39. The van der Waals surface area contributed by atoms with Gasteiger partial charge in [0, 0.05) is 24.5 Å². The molecule has 2 aromatic rings. The van der Waals surface area contributed by atoms with Crippen molar-refractivity contribution in [3.63, 3.8) is 0 Å². The van der Waals surface area contributed by atoms with Crippen LogP contribution in [-0.2, 0) is 6.18 Å². The van der Waals surface area contributed by atoms with E-state index >= 15 is 0 Å². The zero-order valence-electron chi connectivity index (χ0n) is 17.1. The van der Waals surface area contributed by atoms with Crippen LogP contribution >= 0.6 is 0 Å². The van der Waals surface area contributed by atoms with E-state index in [1.54, 1.807) is 24.0 Å². The number of piperidine rings is 1. The van der Waals surface area contributed by atoms with Crippen LogP contribution in [0.25, 0.3) is 0 Å². The van der Waals surface area contributed by atoms with E-state index in [1.807, 2.05) is 13.8 Å². The minimum atomic E-state index is -4.45. The smallest absolute Gasteiger partial charge is 0.417 e. The summed E-state index contributed by atoms with van der Waals surface area (Å²) in [5.41, 5.74) is 0.113. The third-order valence-corrected chi connectivity index (χ3v) is 5.01. The Morgan fingerprint density at radius 2 is 2.03 bits per heavy atom. The predicted octanol–water partition coefficient (Wildman–Crippen LogP) is 4.27. The molecule has 0 spiro atoms. The lowest BCUT2D eigenvalue weighted by Crippen LogP contribution is -2.51. The summed E-state index contributed by atoms with van der Waals surface area (Å²) in [5.74, 6) is 0.258. The Morgan fingerprint density at radius 1 is 1.27 bits per heavy atom. The molecule has 0 aromatic carbocycles. The number of alkyl halides is 3. The van der Waals surface area contributed by atoms with Crippen LogP contribution in [0.2, 0.25) is 0 Å². The summed E-state index contributed by atoms with van der Waals surface area (Å²) in [6, 6.07) is 5.33. The molecule has 1 aliphatic heterocycles. The van der Waals surface area contributed by atoms with Gasteiger partial charge in [-0.3, -0.25) is 4.79 Å². The van der Waals surface area contributed by atoms with Gasteiger partial charge in [-0.15, -0.1) is 0 Å². The van der Waals surface area contributed by atoms with E-state index in [4.69, 9.17) is 9.47 Å². The SMILES string of the molecule is CCOc1ccc(C)nc1C(=O)N1CCCC(Oc2ccc(C(F)(F)F)cn2)C1C. The number of ether oxygens (including phenoxy) is 2. The molecule has 2 atom stereocenters. The number of amides is 1. The Morgan fingerprint density at radius 3 is 2.67 bits per heavy atom. The Hall–Kier alpha value is -2.84. The molecule has 1 aliphatic rings. The van der Waals surface area contributed by atoms with Gasteiger partial charge in [-0.2, -0.15) is 13.2 Å². The minimum Gasteiger partial charge on any atom is -0.491 e. The average Bonchev–Trinajstić information content (AvgIpc) is 2.70.